The summed E-state index contributed by atoms with van der Waals surface area (Å²) < 4.78 is 0. The van der Waals surface area contributed by atoms with Gasteiger partial charge in [-0.05, 0) is 39.0 Å². The van der Waals surface area contributed by atoms with Gasteiger partial charge in [-0.2, -0.15) is 0 Å². The monoisotopic (exact) mass is 970 g/mol. The zero-order chi connectivity index (χ0) is 52.3. The Morgan fingerprint density at radius 1 is 0.354 bits per heavy atom. The number of aliphatic carboxylic acids is 5. The summed E-state index contributed by atoms with van der Waals surface area (Å²) in [7, 11) is 0. The third-order valence-electron chi connectivity index (χ3n) is 8.08. The van der Waals surface area contributed by atoms with Gasteiger partial charge in [-0.25, -0.2) is 9.59 Å². The summed E-state index contributed by atoms with van der Waals surface area (Å²) in [5.41, 5.74) is 0. The highest BCUT2D eigenvalue weighted by atomic mass is 16.4. The Bertz CT molecular complexity index is 1190. The molecule has 390 valence electrons. The van der Waals surface area contributed by atoms with Crippen molar-refractivity contribution in [3.8, 4) is 0 Å². The molecule has 0 heterocycles. The molecular formula is C35H70O30. The van der Waals surface area contributed by atoms with Crippen LogP contribution in [-0.2, 0) is 24.0 Å². The number of carboxylic acids is 5. The number of aliphatic hydroxyl groups is 20. The average Bonchev–Trinajstić information content (AvgIpc) is 3.22. The lowest BCUT2D eigenvalue weighted by molar-refractivity contribution is -0.148. The fraction of sp³-hybridized carbons (Fsp3) is 0.857. The maximum Gasteiger partial charge on any atom is 0.332 e. The largest absolute Gasteiger partial charge is 0.481 e. The summed E-state index contributed by atoms with van der Waals surface area (Å²) in [6.07, 6.45) is -25.0. The minimum absolute atomic E-state index is 0.0742. The molecule has 0 aliphatic rings. The zero-order valence-electron chi connectivity index (χ0n) is 35.2. The van der Waals surface area contributed by atoms with E-state index in [-0.39, 0.29) is 45.1 Å². The maximum absolute atomic E-state index is 10.1. The topological polar surface area (TPSA) is 591 Å². The van der Waals surface area contributed by atoms with Crippen molar-refractivity contribution in [1.82, 2.24) is 0 Å². The standard InChI is InChI=1S/5C7H14O6/c8-3-4(9)1-5(10)6(11)2-7(12)13;1-3(8)6(12)7(13)4(9)2-5(10)11;8-2-1-4(9)7(13)5(10)3-6(11)12;2*8-3-6(11)4(9)1-2-5(10)7(12)13/h4-6,8-11H,1-3H2,(H,12,13);3-4,6-9,12-13H,2H2,1H3,(H,10,11);4-5,7-10,13H,1-3H2,(H,11,12);2*4-6,8-11H,1-3H2,(H,12,13). The number of hydrogen-bond acceptors (Lipinski definition) is 25. The predicted octanol–water partition coefficient (Wildman–Crippen LogP) is -10.4. The van der Waals surface area contributed by atoms with Crippen LogP contribution in [0.4, 0.5) is 0 Å². The summed E-state index contributed by atoms with van der Waals surface area (Å²) in [6, 6.07) is 0. The molecule has 0 aromatic carbocycles. The highest BCUT2D eigenvalue weighted by Crippen LogP contribution is 2.10. The Kier molecular flexibility index (Phi) is 44.3. The molecule has 30 heteroatoms. The Labute approximate surface area is 370 Å². The van der Waals surface area contributed by atoms with Crippen LogP contribution >= 0.6 is 0 Å². The molecule has 0 saturated heterocycles. The van der Waals surface area contributed by atoms with Crippen molar-refractivity contribution in [2.75, 3.05) is 26.4 Å². The van der Waals surface area contributed by atoms with Crippen LogP contribution in [0.1, 0.15) is 64.7 Å². The second kappa shape index (κ2) is 40.8. The number of carboxylic acid groups (broad SMARTS) is 5. The van der Waals surface area contributed by atoms with Gasteiger partial charge < -0.3 is 128 Å². The van der Waals surface area contributed by atoms with Crippen LogP contribution < -0.4 is 0 Å². The summed E-state index contributed by atoms with van der Waals surface area (Å²) in [4.78, 5) is 50.5. The van der Waals surface area contributed by atoms with Crippen LogP contribution in [0.15, 0.2) is 0 Å². The molecule has 0 rings (SSSR count). The first-order chi connectivity index (χ1) is 29.8. The third-order valence-corrected chi connectivity index (χ3v) is 8.08. The quantitative estimate of drug-likeness (QED) is 0.0331. The second-order valence-electron chi connectivity index (χ2n) is 13.9. The van der Waals surface area contributed by atoms with Crippen molar-refractivity contribution >= 4 is 29.8 Å². The molecule has 0 aromatic rings. The van der Waals surface area contributed by atoms with Crippen molar-refractivity contribution in [1.29, 1.82) is 0 Å². The number of aliphatic hydroxyl groups excluding tert-OH is 20. The molecule has 0 aliphatic carbocycles. The molecule has 25 N–H and O–H groups in total. The Hall–Kier alpha value is -3.45. The summed E-state index contributed by atoms with van der Waals surface area (Å²) in [6.45, 7) is -0.828. The molecule has 65 heavy (non-hydrogen) atoms. The number of rotatable bonds is 29. The van der Waals surface area contributed by atoms with E-state index in [1.807, 2.05) is 0 Å². The molecule has 0 radical (unpaired) electrons. The van der Waals surface area contributed by atoms with Gasteiger partial charge in [0.25, 0.3) is 0 Å². The molecule has 0 saturated carbocycles. The fourth-order valence-electron chi connectivity index (χ4n) is 4.03. The first-order valence-electron chi connectivity index (χ1n) is 19.2. The Balaban J connectivity index is -0.000000231. The van der Waals surface area contributed by atoms with E-state index in [0.29, 0.717) is 0 Å². The summed E-state index contributed by atoms with van der Waals surface area (Å²) in [5, 5.41) is 218. The van der Waals surface area contributed by atoms with Gasteiger partial charge in [0.05, 0.1) is 94.0 Å². The van der Waals surface area contributed by atoms with Crippen LogP contribution in [0.5, 0.6) is 0 Å². The van der Waals surface area contributed by atoms with Crippen molar-refractivity contribution in [2.45, 2.75) is 162 Å². The van der Waals surface area contributed by atoms with E-state index in [0.717, 1.165) is 0 Å². The average molecular weight is 971 g/mol. The minimum Gasteiger partial charge on any atom is -0.481 e. The van der Waals surface area contributed by atoms with E-state index in [1.54, 1.807) is 0 Å². The molecule has 16 atom stereocenters. The lowest BCUT2D eigenvalue weighted by atomic mass is 10.0. The van der Waals surface area contributed by atoms with E-state index >= 15 is 0 Å². The molecule has 16 unspecified atom stereocenters. The van der Waals surface area contributed by atoms with Crippen molar-refractivity contribution in [3.63, 3.8) is 0 Å². The van der Waals surface area contributed by atoms with Crippen LogP contribution in [0, 0.1) is 0 Å². The molecule has 0 spiro atoms. The van der Waals surface area contributed by atoms with E-state index in [4.69, 9.17) is 128 Å². The molecule has 30 nitrogen and oxygen atoms in total. The molecular weight excluding hydrogens is 900 g/mol. The zero-order valence-corrected chi connectivity index (χ0v) is 35.2. The normalized spacial score (nSPS) is 18.4. The van der Waals surface area contributed by atoms with E-state index in [1.165, 1.54) is 6.92 Å². The highest BCUT2D eigenvalue weighted by molar-refractivity contribution is 5.72. The van der Waals surface area contributed by atoms with E-state index in [9.17, 15) is 24.0 Å². The SMILES string of the molecule is CC(O)C(O)C(O)C(O)CC(=O)O.O=C(O)C(O)CCC(O)C(O)CO.O=C(O)C(O)CCC(O)C(O)CO.O=C(O)CC(O)C(O)C(O)CCO.O=C(O)CC(O)C(O)CC(O)CO. The smallest absolute Gasteiger partial charge is 0.332 e. The van der Waals surface area contributed by atoms with Crippen LogP contribution in [0.2, 0.25) is 0 Å². The van der Waals surface area contributed by atoms with Crippen LogP contribution in [-0.4, -0.2) is 282 Å². The van der Waals surface area contributed by atoms with Gasteiger partial charge in [-0.1, -0.05) is 0 Å². The van der Waals surface area contributed by atoms with E-state index < -0.39 is 167 Å². The summed E-state index contributed by atoms with van der Waals surface area (Å²) >= 11 is 0. The number of hydrogen-bond donors (Lipinski definition) is 25. The molecule has 0 aliphatic heterocycles. The third kappa shape index (κ3) is 40.5. The van der Waals surface area contributed by atoms with Gasteiger partial charge in [-0.3, -0.25) is 14.4 Å². The second-order valence-corrected chi connectivity index (χ2v) is 13.9. The van der Waals surface area contributed by atoms with Crippen molar-refractivity contribution in [2.24, 2.45) is 0 Å². The van der Waals surface area contributed by atoms with Gasteiger partial charge in [0.1, 0.15) is 30.5 Å². The van der Waals surface area contributed by atoms with Gasteiger partial charge in [0.2, 0.25) is 0 Å². The highest BCUT2D eigenvalue weighted by Gasteiger charge is 2.30. The lowest BCUT2D eigenvalue weighted by Gasteiger charge is -2.23. The summed E-state index contributed by atoms with van der Waals surface area (Å²) in [5.74, 6) is -6.52. The molecule has 0 fully saturated rings. The van der Waals surface area contributed by atoms with Crippen molar-refractivity contribution in [3.05, 3.63) is 0 Å². The fourth-order valence-corrected chi connectivity index (χ4v) is 4.03. The van der Waals surface area contributed by atoms with Crippen LogP contribution in [0.3, 0.4) is 0 Å². The number of carbonyl (C=O) groups is 5. The van der Waals surface area contributed by atoms with Crippen LogP contribution in [0.25, 0.3) is 0 Å². The van der Waals surface area contributed by atoms with Gasteiger partial charge in [0.15, 0.2) is 12.2 Å². The molecule has 0 aromatic heterocycles. The van der Waals surface area contributed by atoms with E-state index in [2.05, 4.69) is 0 Å². The Morgan fingerprint density at radius 2 is 0.692 bits per heavy atom. The van der Waals surface area contributed by atoms with Gasteiger partial charge in [0, 0.05) is 13.0 Å². The predicted molar refractivity (Wildman–Crippen MR) is 210 cm³/mol. The molecule has 0 bridgehead atoms. The minimum atomic E-state index is -1.66. The first kappa shape index (κ1) is 70.6. The Morgan fingerprint density at radius 3 is 0.969 bits per heavy atom. The molecule has 0 amide bonds. The van der Waals surface area contributed by atoms with Gasteiger partial charge in [-0.15, -0.1) is 0 Å². The van der Waals surface area contributed by atoms with Crippen molar-refractivity contribution < 1.29 is 152 Å². The van der Waals surface area contributed by atoms with Gasteiger partial charge >= 0.3 is 29.8 Å². The lowest BCUT2D eigenvalue weighted by Crippen LogP contribution is -2.44. The first-order valence-corrected chi connectivity index (χ1v) is 19.2. The maximum atomic E-state index is 10.1.